The highest BCUT2D eigenvalue weighted by atomic mass is 79.9. The second kappa shape index (κ2) is 5.38. The van der Waals surface area contributed by atoms with Gasteiger partial charge in [0.1, 0.15) is 5.75 Å². The van der Waals surface area contributed by atoms with Crippen LogP contribution in [-0.4, -0.2) is 10.2 Å². The first-order valence-corrected chi connectivity index (χ1v) is 7.17. The van der Waals surface area contributed by atoms with Crippen LogP contribution in [0.1, 0.15) is 5.56 Å². The maximum Gasteiger partial charge on any atom is 0.246 e. The van der Waals surface area contributed by atoms with Crippen molar-refractivity contribution in [2.24, 2.45) is 0 Å². The van der Waals surface area contributed by atoms with E-state index in [0.717, 1.165) is 26.6 Å². The molecule has 0 aliphatic rings. The zero-order valence-electron chi connectivity index (χ0n) is 10.6. The summed E-state index contributed by atoms with van der Waals surface area (Å²) in [7, 11) is 0. The molecule has 100 valence electrons. The summed E-state index contributed by atoms with van der Waals surface area (Å²) in [5.41, 5.74) is 1.01. The molecule has 20 heavy (non-hydrogen) atoms. The van der Waals surface area contributed by atoms with Crippen molar-refractivity contribution in [3.63, 3.8) is 0 Å². The molecule has 0 amide bonds. The number of rotatable bonds is 2. The Hall–Kier alpha value is -1.65. The van der Waals surface area contributed by atoms with Gasteiger partial charge in [-0.15, -0.1) is 10.2 Å². The Balaban J connectivity index is 2.09. The first-order valence-electron chi connectivity index (χ1n) is 6.00. The lowest BCUT2D eigenvalue weighted by atomic mass is 10.2. The predicted molar refractivity (Wildman–Crippen MR) is 83.5 cm³/mol. The van der Waals surface area contributed by atoms with Gasteiger partial charge in [0.25, 0.3) is 0 Å². The number of aryl methyl sites for hydroxylation is 1. The van der Waals surface area contributed by atoms with E-state index in [1.165, 1.54) is 0 Å². The smallest absolute Gasteiger partial charge is 0.246 e. The van der Waals surface area contributed by atoms with Crippen LogP contribution in [0.4, 0.5) is 0 Å². The summed E-state index contributed by atoms with van der Waals surface area (Å²) in [5, 5.41) is 10.0. The minimum atomic E-state index is 0.375. The summed E-state index contributed by atoms with van der Waals surface area (Å²) < 4.78 is 6.89. The van der Waals surface area contributed by atoms with Gasteiger partial charge in [0.15, 0.2) is 5.15 Å². The fraction of sp³-hybridized carbons (Fsp3) is 0.0667. The molecule has 5 heteroatoms. The zero-order chi connectivity index (χ0) is 14.1. The summed E-state index contributed by atoms with van der Waals surface area (Å²) in [5.74, 6) is 1.20. The summed E-state index contributed by atoms with van der Waals surface area (Å²) in [6.07, 6.45) is 0. The first kappa shape index (κ1) is 13.3. The van der Waals surface area contributed by atoms with Gasteiger partial charge in [-0.3, -0.25) is 0 Å². The second-order valence-corrected chi connectivity index (χ2v) is 5.63. The van der Waals surface area contributed by atoms with Crippen LogP contribution in [0.5, 0.6) is 11.6 Å². The van der Waals surface area contributed by atoms with Crippen molar-refractivity contribution in [1.29, 1.82) is 0 Å². The highest BCUT2D eigenvalue weighted by Crippen LogP contribution is 2.32. The van der Waals surface area contributed by atoms with Crippen LogP contribution < -0.4 is 4.74 Å². The third-order valence-corrected chi connectivity index (χ3v) is 3.72. The number of benzene rings is 2. The van der Waals surface area contributed by atoms with Gasteiger partial charge in [0.2, 0.25) is 5.88 Å². The number of ether oxygens (including phenoxy) is 1. The van der Waals surface area contributed by atoms with E-state index in [0.29, 0.717) is 11.0 Å². The second-order valence-electron chi connectivity index (χ2n) is 4.35. The summed E-state index contributed by atoms with van der Waals surface area (Å²) in [6.45, 7) is 1.98. The lowest BCUT2D eigenvalue weighted by Crippen LogP contribution is -1.94. The Kier molecular flexibility index (Phi) is 3.59. The molecule has 0 saturated heterocycles. The number of hydrogen-bond donors (Lipinski definition) is 0. The van der Waals surface area contributed by atoms with Gasteiger partial charge in [-0.05, 0) is 36.8 Å². The third kappa shape index (κ3) is 2.49. The molecule has 2 aromatic carbocycles. The Morgan fingerprint density at radius 3 is 2.55 bits per heavy atom. The number of fused-ring (bicyclic) bond motifs is 1. The Morgan fingerprint density at radius 2 is 1.80 bits per heavy atom. The molecule has 0 spiro atoms. The number of halogens is 2. The monoisotopic (exact) mass is 348 g/mol. The SMILES string of the molecule is Cc1cc(Br)ccc1Oc1nnc(Cl)c2ccccc12. The molecular formula is C15H10BrClN2O. The quantitative estimate of drug-likeness (QED) is 0.642. The van der Waals surface area contributed by atoms with Crippen LogP contribution in [0.25, 0.3) is 10.8 Å². The maximum atomic E-state index is 6.05. The Labute approximate surface area is 129 Å². The van der Waals surface area contributed by atoms with Crippen LogP contribution in [0.15, 0.2) is 46.9 Å². The molecule has 0 unspecified atom stereocenters. The summed E-state index contributed by atoms with van der Waals surface area (Å²) in [6, 6.07) is 13.4. The predicted octanol–water partition coefficient (Wildman–Crippen LogP) is 5.15. The van der Waals surface area contributed by atoms with Crippen molar-refractivity contribution in [1.82, 2.24) is 10.2 Å². The topological polar surface area (TPSA) is 35.0 Å². The first-order chi connectivity index (χ1) is 9.65. The third-order valence-electron chi connectivity index (χ3n) is 2.95. The van der Waals surface area contributed by atoms with E-state index in [4.69, 9.17) is 16.3 Å². The standard InChI is InChI=1S/C15H10BrClN2O/c1-9-8-10(16)6-7-13(9)20-15-12-5-3-2-4-11(12)14(17)18-19-15/h2-8H,1H3. The average Bonchev–Trinajstić information content (AvgIpc) is 2.45. The number of nitrogens with zero attached hydrogens (tertiary/aromatic N) is 2. The minimum Gasteiger partial charge on any atom is -0.437 e. The van der Waals surface area contributed by atoms with Crippen molar-refractivity contribution in [2.75, 3.05) is 0 Å². The van der Waals surface area contributed by atoms with Crippen molar-refractivity contribution >= 4 is 38.3 Å². The summed E-state index contributed by atoms with van der Waals surface area (Å²) in [4.78, 5) is 0. The largest absolute Gasteiger partial charge is 0.437 e. The molecule has 0 bridgehead atoms. The van der Waals surface area contributed by atoms with Gasteiger partial charge in [0, 0.05) is 15.2 Å². The van der Waals surface area contributed by atoms with Crippen molar-refractivity contribution in [2.45, 2.75) is 6.92 Å². The zero-order valence-corrected chi connectivity index (χ0v) is 12.9. The lowest BCUT2D eigenvalue weighted by Gasteiger charge is -2.10. The molecule has 0 aliphatic heterocycles. The molecule has 3 aromatic rings. The van der Waals surface area contributed by atoms with Crippen LogP contribution in [0, 0.1) is 6.92 Å². The van der Waals surface area contributed by atoms with Gasteiger partial charge >= 0.3 is 0 Å². The van der Waals surface area contributed by atoms with Crippen LogP contribution in [-0.2, 0) is 0 Å². The molecule has 0 radical (unpaired) electrons. The van der Waals surface area contributed by atoms with Crippen molar-refractivity contribution in [3.8, 4) is 11.6 Å². The van der Waals surface area contributed by atoms with Crippen molar-refractivity contribution in [3.05, 3.63) is 57.7 Å². The molecule has 0 atom stereocenters. The fourth-order valence-corrected chi connectivity index (χ4v) is 2.63. The molecule has 0 N–H and O–H groups in total. The van der Waals surface area contributed by atoms with Crippen LogP contribution >= 0.6 is 27.5 Å². The van der Waals surface area contributed by atoms with Gasteiger partial charge in [-0.2, -0.15) is 0 Å². The van der Waals surface area contributed by atoms with Crippen molar-refractivity contribution < 1.29 is 4.74 Å². The van der Waals surface area contributed by atoms with Gasteiger partial charge < -0.3 is 4.74 Å². The molecular weight excluding hydrogens is 340 g/mol. The van der Waals surface area contributed by atoms with E-state index >= 15 is 0 Å². The van der Waals surface area contributed by atoms with Gasteiger partial charge in [-0.1, -0.05) is 45.7 Å². The maximum absolute atomic E-state index is 6.05. The molecule has 3 nitrogen and oxygen atoms in total. The minimum absolute atomic E-state index is 0.375. The fourth-order valence-electron chi connectivity index (χ4n) is 1.95. The van der Waals surface area contributed by atoms with Crippen LogP contribution in [0.2, 0.25) is 5.15 Å². The van der Waals surface area contributed by atoms with Gasteiger partial charge in [0.05, 0.1) is 0 Å². The van der Waals surface area contributed by atoms with E-state index < -0.39 is 0 Å². The molecule has 1 aromatic heterocycles. The molecule has 0 aliphatic carbocycles. The average molecular weight is 350 g/mol. The normalized spacial score (nSPS) is 10.8. The molecule has 3 rings (SSSR count). The highest BCUT2D eigenvalue weighted by Gasteiger charge is 2.10. The molecule has 1 heterocycles. The van der Waals surface area contributed by atoms with E-state index in [9.17, 15) is 0 Å². The van der Waals surface area contributed by atoms with E-state index in [2.05, 4.69) is 26.1 Å². The van der Waals surface area contributed by atoms with Crippen LogP contribution in [0.3, 0.4) is 0 Å². The molecule has 0 saturated carbocycles. The summed E-state index contributed by atoms with van der Waals surface area (Å²) >= 11 is 9.48. The Bertz CT molecular complexity index is 792. The lowest BCUT2D eigenvalue weighted by molar-refractivity contribution is 0.458. The van der Waals surface area contributed by atoms with E-state index in [-0.39, 0.29) is 0 Å². The Morgan fingerprint density at radius 1 is 1.05 bits per heavy atom. The van der Waals surface area contributed by atoms with E-state index in [1.54, 1.807) is 0 Å². The van der Waals surface area contributed by atoms with E-state index in [1.807, 2.05) is 49.4 Å². The number of hydrogen-bond acceptors (Lipinski definition) is 3. The van der Waals surface area contributed by atoms with Gasteiger partial charge in [-0.25, -0.2) is 0 Å². The highest BCUT2D eigenvalue weighted by molar-refractivity contribution is 9.10. The molecule has 0 fully saturated rings. The number of aromatic nitrogens is 2.